The van der Waals surface area contributed by atoms with Gasteiger partial charge >= 0.3 is 0 Å². The van der Waals surface area contributed by atoms with Crippen molar-refractivity contribution in [2.75, 3.05) is 13.1 Å². The highest BCUT2D eigenvalue weighted by atomic mass is 32.2. The molecule has 4 nitrogen and oxygen atoms in total. The summed E-state index contributed by atoms with van der Waals surface area (Å²) >= 11 is 0. The van der Waals surface area contributed by atoms with Crippen molar-refractivity contribution < 1.29 is 13.2 Å². The maximum absolute atomic E-state index is 12.5. The molecule has 114 valence electrons. The summed E-state index contributed by atoms with van der Waals surface area (Å²) in [4.78, 5) is 14.0. The number of amides is 1. The first kappa shape index (κ1) is 15.8. The van der Waals surface area contributed by atoms with Crippen LogP contribution in [-0.2, 0) is 14.6 Å². The van der Waals surface area contributed by atoms with E-state index in [1.807, 2.05) is 13.8 Å². The molecule has 1 fully saturated rings. The molecule has 0 radical (unpaired) electrons. The van der Waals surface area contributed by atoms with Gasteiger partial charge < -0.3 is 4.90 Å². The molecular formula is C16H21NO3S. The Hall–Kier alpha value is -1.62. The summed E-state index contributed by atoms with van der Waals surface area (Å²) in [5.41, 5.74) is 0.957. The van der Waals surface area contributed by atoms with E-state index in [0.717, 1.165) is 5.57 Å². The molecule has 1 saturated heterocycles. The van der Waals surface area contributed by atoms with Crippen LogP contribution < -0.4 is 0 Å². The van der Waals surface area contributed by atoms with Crippen LogP contribution in [0.1, 0.15) is 26.7 Å². The third kappa shape index (κ3) is 3.73. The predicted octanol–water partition coefficient (Wildman–Crippen LogP) is 2.42. The minimum absolute atomic E-state index is 0.0226. The fourth-order valence-corrected chi connectivity index (χ4v) is 4.28. The fraction of sp³-hybridized carbons (Fsp3) is 0.438. The molecule has 1 aliphatic rings. The second-order valence-corrected chi connectivity index (χ2v) is 7.83. The minimum atomic E-state index is -3.29. The number of hydrogen-bond donors (Lipinski definition) is 0. The van der Waals surface area contributed by atoms with Crippen LogP contribution in [-0.4, -0.2) is 37.6 Å². The number of carbonyl (C=O) groups is 1. The van der Waals surface area contributed by atoms with Gasteiger partial charge in [-0.15, -0.1) is 0 Å². The van der Waals surface area contributed by atoms with Crippen molar-refractivity contribution in [3.8, 4) is 0 Å². The van der Waals surface area contributed by atoms with Crippen molar-refractivity contribution in [3.63, 3.8) is 0 Å². The highest BCUT2D eigenvalue weighted by Gasteiger charge is 2.32. The number of benzene rings is 1. The van der Waals surface area contributed by atoms with Crippen LogP contribution in [0.5, 0.6) is 0 Å². The largest absolute Gasteiger partial charge is 0.339 e. The first-order chi connectivity index (χ1) is 9.91. The number of piperidine rings is 1. The van der Waals surface area contributed by atoms with E-state index in [1.54, 1.807) is 41.3 Å². The Morgan fingerprint density at radius 2 is 1.71 bits per heavy atom. The fourth-order valence-electron chi connectivity index (χ4n) is 2.53. The summed E-state index contributed by atoms with van der Waals surface area (Å²) in [7, 11) is -3.29. The molecule has 0 atom stereocenters. The Morgan fingerprint density at radius 3 is 2.24 bits per heavy atom. The Morgan fingerprint density at radius 1 is 1.14 bits per heavy atom. The third-order valence-corrected chi connectivity index (χ3v) is 5.95. The Kier molecular flexibility index (Phi) is 4.83. The molecule has 1 aromatic rings. The summed E-state index contributed by atoms with van der Waals surface area (Å²) in [6.07, 6.45) is 2.60. The van der Waals surface area contributed by atoms with Crippen LogP contribution in [0.3, 0.4) is 0 Å². The maximum atomic E-state index is 12.5. The molecule has 0 saturated carbocycles. The average molecular weight is 307 g/mol. The monoisotopic (exact) mass is 307 g/mol. The van der Waals surface area contributed by atoms with Gasteiger partial charge in [0.15, 0.2) is 9.84 Å². The van der Waals surface area contributed by atoms with E-state index < -0.39 is 15.1 Å². The van der Waals surface area contributed by atoms with Crippen molar-refractivity contribution in [1.29, 1.82) is 0 Å². The molecular weight excluding hydrogens is 286 g/mol. The second kappa shape index (κ2) is 6.43. The molecule has 21 heavy (non-hydrogen) atoms. The standard InChI is InChI=1S/C16H21NO3S/c1-13(2)12-16(18)17-10-8-15(9-11-17)21(19,20)14-6-4-3-5-7-14/h3-7,12,15H,8-11H2,1-2H3. The van der Waals surface area contributed by atoms with Crippen molar-refractivity contribution in [2.45, 2.75) is 36.8 Å². The smallest absolute Gasteiger partial charge is 0.246 e. The molecule has 5 heteroatoms. The van der Waals surface area contributed by atoms with Crippen LogP contribution in [0.2, 0.25) is 0 Å². The Labute approximate surface area is 126 Å². The van der Waals surface area contributed by atoms with Gasteiger partial charge in [0, 0.05) is 19.2 Å². The lowest BCUT2D eigenvalue weighted by atomic mass is 10.1. The van der Waals surface area contributed by atoms with Crippen LogP contribution in [0, 0.1) is 0 Å². The van der Waals surface area contributed by atoms with Crippen molar-refractivity contribution in [3.05, 3.63) is 42.0 Å². The number of allylic oxidation sites excluding steroid dienone is 1. The van der Waals surface area contributed by atoms with E-state index in [4.69, 9.17) is 0 Å². The Bertz CT molecular complexity index is 623. The molecule has 0 aliphatic carbocycles. The first-order valence-electron chi connectivity index (χ1n) is 7.14. The van der Waals surface area contributed by atoms with Crippen LogP contribution >= 0.6 is 0 Å². The van der Waals surface area contributed by atoms with E-state index in [-0.39, 0.29) is 5.91 Å². The highest BCUT2D eigenvalue weighted by molar-refractivity contribution is 7.92. The lowest BCUT2D eigenvalue weighted by Crippen LogP contribution is -2.41. The third-order valence-electron chi connectivity index (χ3n) is 3.68. The van der Waals surface area contributed by atoms with Crippen molar-refractivity contribution in [2.24, 2.45) is 0 Å². The molecule has 2 rings (SSSR count). The van der Waals surface area contributed by atoms with Crippen molar-refractivity contribution >= 4 is 15.7 Å². The van der Waals surface area contributed by atoms with E-state index >= 15 is 0 Å². The van der Waals surface area contributed by atoms with Crippen molar-refractivity contribution in [1.82, 2.24) is 4.90 Å². The summed E-state index contributed by atoms with van der Waals surface area (Å²) in [6.45, 7) is 4.76. The van der Waals surface area contributed by atoms with E-state index in [0.29, 0.717) is 30.8 Å². The normalized spacial score (nSPS) is 16.6. The molecule has 0 N–H and O–H groups in total. The number of likely N-dealkylation sites (tertiary alicyclic amines) is 1. The zero-order valence-electron chi connectivity index (χ0n) is 12.5. The highest BCUT2D eigenvalue weighted by Crippen LogP contribution is 2.24. The zero-order chi connectivity index (χ0) is 15.5. The van der Waals surface area contributed by atoms with Crippen LogP contribution in [0.15, 0.2) is 46.9 Å². The zero-order valence-corrected chi connectivity index (χ0v) is 13.3. The van der Waals surface area contributed by atoms with Gasteiger partial charge in [-0.3, -0.25) is 4.79 Å². The SMILES string of the molecule is CC(C)=CC(=O)N1CCC(S(=O)(=O)c2ccccc2)CC1. The topological polar surface area (TPSA) is 54.5 Å². The minimum Gasteiger partial charge on any atom is -0.339 e. The summed E-state index contributed by atoms with van der Waals surface area (Å²) < 4.78 is 25.1. The van der Waals surface area contributed by atoms with Gasteiger partial charge in [-0.05, 0) is 38.8 Å². The molecule has 1 amide bonds. The van der Waals surface area contributed by atoms with Gasteiger partial charge in [0.1, 0.15) is 0 Å². The molecule has 1 heterocycles. The van der Waals surface area contributed by atoms with Gasteiger partial charge in [-0.1, -0.05) is 23.8 Å². The van der Waals surface area contributed by atoms with Crippen LogP contribution in [0.25, 0.3) is 0 Å². The summed E-state index contributed by atoms with van der Waals surface area (Å²) in [6, 6.07) is 8.55. The van der Waals surface area contributed by atoms with Gasteiger partial charge in [0.25, 0.3) is 0 Å². The average Bonchev–Trinajstić information content (AvgIpc) is 2.47. The number of carbonyl (C=O) groups excluding carboxylic acids is 1. The summed E-state index contributed by atoms with van der Waals surface area (Å²) in [5, 5.41) is -0.393. The van der Waals surface area contributed by atoms with Gasteiger partial charge in [0.05, 0.1) is 10.1 Å². The first-order valence-corrected chi connectivity index (χ1v) is 8.68. The predicted molar refractivity (Wildman–Crippen MR) is 82.7 cm³/mol. The Balaban J connectivity index is 2.05. The lowest BCUT2D eigenvalue weighted by molar-refractivity contribution is -0.126. The number of rotatable bonds is 3. The number of hydrogen-bond acceptors (Lipinski definition) is 3. The number of sulfone groups is 1. The molecule has 1 aromatic carbocycles. The van der Waals surface area contributed by atoms with Gasteiger partial charge in [0.2, 0.25) is 5.91 Å². The van der Waals surface area contributed by atoms with E-state index in [9.17, 15) is 13.2 Å². The maximum Gasteiger partial charge on any atom is 0.246 e. The summed E-state index contributed by atoms with van der Waals surface area (Å²) in [5.74, 6) is -0.0226. The van der Waals surface area contributed by atoms with E-state index in [1.165, 1.54) is 0 Å². The lowest BCUT2D eigenvalue weighted by Gasteiger charge is -2.31. The van der Waals surface area contributed by atoms with Gasteiger partial charge in [-0.2, -0.15) is 0 Å². The molecule has 0 unspecified atom stereocenters. The molecule has 0 spiro atoms. The molecule has 0 bridgehead atoms. The van der Waals surface area contributed by atoms with Crippen LogP contribution in [0.4, 0.5) is 0 Å². The quantitative estimate of drug-likeness (QED) is 0.806. The van der Waals surface area contributed by atoms with Gasteiger partial charge in [-0.25, -0.2) is 8.42 Å². The molecule has 0 aromatic heterocycles. The second-order valence-electron chi connectivity index (χ2n) is 5.60. The van der Waals surface area contributed by atoms with E-state index in [2.05, 4.69) is 0 Å². The number of nitrogens with zero attached hydrogens (tertiary/aromatic N) is 1. The molecule has 1 aliphatic heterocycles.